The molecule has 21 heavy (non-hydrogen) atoms. The Morgan fingerprint density at radius 3 is 2.71 bits per heavy atom. The molecule has 0 aliphatic heterocycles. The van der Waals surface area contributed by atoms with Crippen molar-refractivity contribution in [2.24, 2.45) is 0 Å². The number of anilines is 1. The first-order chi connectivity index (χ1) is 10.0. The van der Waals surface area contributed by atoms with Gasteiger partial charge in [0, 0.05) is 5.69 Å². The number of nitrogen functional groups attached to an aromatic ring is 1. The molecule has 0 aliphatic carbocycles. The van der Waals surface area contributed by atoms with E-state index in [1.54, 1.807) is 6.07 Å². The quantitative estimate of drug-likeness (QED) is 0.665. The zero-order chi connectivity index (χ0) is 15.6. The summed E-state index contributed by atoms with van der Waals surface area (Å²) in [5.41, 5.74) is 6.09. The molecule has 0 amide bonds. The van der Waals surface area contributed by atoms with E-state index >= 15 is 0 Å². The summed E-state index contributed by atoms with van der Waals surface area (Å²) in [5.74, 6) is -0.671. The van der Waals surface area contributed by atoms with Crippen LogP contribution in [0.4, 0.5) is 5.69 Å². The molecule has 1 aromatic heterocycles. The van der Waals surface area contributed by atoms with Crippen LogP contribution in [0.3, 0.4) is 0 Å². The third kappa shape index (κ3) is 2.38. The maximum Gasteiger partial charge on any atom is 0.340 e. The van der Waals surface area contributed by atoms with Crippen molar-refractivity contribution >= 4 is 23.3 Å². The molecule has 2 N–H and O–H groups in total. The number of aromatic nitrogens is 2. The van der Waals surface area contributed by atoms with E-state index in [1.807, 2.05) is 6.07 Å². The number of halogens is 1. The van der Waals surface area contributed by atoms with Gasteiger partial charge in [-0.25, -0.2) is 9.78 Å². The topological polar surface area (TPSA) is 118 Å². The molecule has 0 unspecified atom stereocenters. The van der Waals surface area contributed by atoms with Crippen molar-refractivity contribution in [2.45, 2.75) is 0 Å². The largest absolute Gasteiger partial charge is 0.465 e. The Bertz CT molecular complexity index is 813. The van der Waals surface area contributed by atoms with E-state index in [1.165, 1.54) is 30.1 Å². The van der Waals surface area contributed by atoms with Crippen molar-refractivity contribution in [3.8, 4) is 17.8 Å². The lowest BCUT2D eigenvalue weighted by atomic mass is 10.1. The Balaban J connectivity index is 2.82. The third-order valence-electron chi connectivity index (χ3n) is 2.71. The van der Waals surface area contributed by atoms with E-state index in [2.05, 4.69) is 9.72 Å². The van der Waals surface area contributed by atoms with Crippen LogP contribution in [0.25, 0.3) is 5.69 Å². The minimum absolute atomic E-state index is 0.0330. The summed E-state index contributed by atoms with van der Waals surface area (Å²) in [6.07, 6.45) is 1.24. The Kier molecular flexibility index (Phi) is 3.79. The number of nitrogens with two attached hydrogens (primary N) is 1. The molecular formula is C13H8ClN5O2. The zero-order valence-electron chi connectivity index (χ0n) is 10.8. The maximum atomic E-state index is 11.9. The van der Waals surface area contributed by atoms with Crippen LogP contribution in [0.5, 0.6) is 0 Å². The van der Waals surface area contributed by atoms with E-state index in [-0.39, 0.29) is 33.3 Å². The van der Waals surface area contributed by atoms with E-state index in [9.17, 15) is 4.79 Å². The number of nitriles is 2. The number of esters is 1. The lowest BCUT2D eigenvalue weighted by molar-refractivity contribution is 0.0601. The second-order valence-corrected chi connectivity index (χ2v) is 4.33. The normalized spacial score (nSPS) is 9.71. The molecule has 0 aliphatic rings. The summed E-state index contributed by atoms with van der Waals surface area (Å²) in [5, 5.41) is 18.2. The van der Waals surface area contributed by atoms with Crippen molar-refractivity contribution in [2.75, 3.05) is 12.8 Å². The fourth-order valence-corrected chi connectivity index (χ4v) is 2.16. The van der Waals surface area contributed by atoms with Crippen LogP contribution in [-0.4, -0.2) is 22.6 Å². The molecule has 0 saturated carbocycles. The Labute approximate surface area is 124 Å². The Morgan fingerprint density at radius 2 is 2.14 bits per heavy atom. The van der Waals surface area contributed by atoms with Gasteiger partial charge in [0.2, 0.25) is 0 Å². The Hall–Kier alpha value is -3.03. The molecule has 0 bridgehead atoms. The van der Waals surface area contributed by atoms with E-state index in [0.29, 0.717) is 0 Å². The molecule has 0 saturated heterocycles. The van der Waals surface area contributed by atoms with Crippen LogP contribution >= 0.6 is 11.6 Å². The maximum absolute atomic E-state index is 11.9. The second kappa shape index (κ2) is 5.53. The number of benzene rings is 1. The average Bonchev–Trinajstić information content (AvgIpc) is 2.87. The summed E-state index contributed by atoms with van der Waals surface area (Å²) < 4.78 is 5.94. The summed E-state index contributed by atoms with van der Waals surface area (Å²) in [6, 6.07) is 6.45. The van der Waals surface area contributed by atoms with Gasteiger partial charge in [-0.2, -0.15) is 10.5 Å². The van der Waals surface area contributed by atoms with Gasteiger partial charge in [-0.15, -0.1) is 0 Å². The van der Waals surface area contributed by atoms with Gasteiger partial charge < -0.3 is 10.5 Å². The predicted molar refractivity (Wildman–Crippen MR) is 73.8 cm³/mol. The minimum atomic E-state index is -0.671. The Morgan fingerprint density at radius 1 is 1.43 bits per heavy atom. The van der Waals surface area contributed by atoms with Gasteiger partial charge >= 0.3 is 5.97 Å². The lowest BCUT2D eigenvalue weighted by Gasteiger charge is -2.12. The monoisotopic (exact) mass is 301 g/mol. The van der Waals surface area contributed by atoms with Crippen LogP contribution in [0.15, 0.2) is 18.5 Å². The molecule has 1 heterocycles. The molecule has 0 fully saturated rings. The smallest absolute Gasteiger partial charge is 0.340 e. The van der Waals surface area contributed by atoms with Gasteiger partial charge in [-0.05, 0) is 12.1 Å². The third-order valence-corrected chi connectivity index (χ3v) is 3.00. The van der Waals surface area contributed by atoms with Crippen LogP contribution in [-0.2, 0) is 4.74 Å². The molecule has 1 aromatic carbocycles. The number of carbonyl (C=O) groups is 1. The SMILES string of the molecule is COC(=O)c1cc(N)cc(Cl)c1-n1cnc(C#N)c1C#N. The highest BCUT2D eigenvalue weighted by Crippen LogP contribution is 2.29. The van der Waals surface area contributed by atoms with Crippen molar-refractivity contribution in [3.05, 3.63) is 40.4 Å². The zero-order valence-corrected chi connectivity index (χ0v) is 11.5. The van der Waals surface area contributed by atoms with Gasteiger partial charge in [0.1, 0.15) is 18.5 Å². The van der Waals surface area contributed by atoms with Crippen molar-refractivity contribution < 1.29 is 9.53 Å². The molecule has 8 heteroatoms. The number of imidazole rings is 1. The molecule has 2 rings (SSSR count). The average molecular weight is 302 g/mol. The van der Waals surface area contributed by atoms with Gasteiger partial charge in [0.05, 0.1) is 23.4 Å². The minimum Gasteiger partial charge on any atom is -0.465 e. The van der Waals surface area contributed by atoms with E-state index in [4.69, 9.17) is 27.9 Å². The highest BCUT2D eigenvalue weighted by atomic mass is 35.5. The van der Waals surface area contributed by atoms with Gasteiger partial charge in [-0.3, -0.25) is 4.57 Å². The summed E-state index contributed by atoms with van der Waals surface area (Å²) in [6.45, 7) is 0. The first-order valence-electron chi connectivity index (χ1n) is 5.58. The number of hydrogen-bond donors (Lipinski definition) is 1. The van der Waals surface area contributed by atoms with Gasteiger partial charge in [0.25, 0.3) is 0 Å². The van der Waals surface area contributed by atoms with Gasteiger partial charge in [0.15, 0.2) is 11.4 Å². The molecule has 7 nitrogen and oxygen atoms in total. The molecular weight excluding hydrogens is 294 g/mol. The summed E-state index contributed by atoms with van der Waals surface area (Å²) in [4.78, 5) is 15.7. The van der Waals surface area contributed by atoms with E-state index < -0.39 is 5.97 Å². The highest BCUT2D eigenvalue weighted by molar-refractivity contribution is 6.33. The van der Waals surface area contributed by atoms with Crippen LogP contribution in [0.1, 0.15) is 21.7 Å². The van der Waals surface area contributed by atoms with Crippen LogP contribution in [0.2, 0.25) is 5.02 Å². The number of methoxy groups -OCH3 is 1. The van der Waals surface area contributed by atoms with Crippen LogP contribution < -0.4 is 5.73 Å². The molecule has 104 valence electrons. The number of hydrogen-bond acceptors (Lipinski definition) is 6. The summed E-state index contributed by atoms with van der Waals surface area (Å²) >= 11 is 6.12. The molecule has 0 spiro atoms. The van der Waals surface area contributed by atoms with Crippen molar-refractivity contribution in [3.63, 3.8) is 0 Å². The number of rotatable bonds is 2. The molecule has 0 atom stereocenters. The first kappa shape index (κ1) is 14.4. The fraction of sp³-hybridized carbons (Fsp3) is 0.0769. The fourth-order valence-electron chi connectivity index (χ4n) is 1.84. The number of nitrogens with zero attached hydrogens (tertiary/aromatic N) is 4. The second-order valence-electron chi connectivity index (χ2n) is 3.93. The van der Waals surface area contributed by atoms with Crippen molar-refractivity contribution in [1.29, 1.82) is 10.5 Å². The van der Waals surface area contributed by atoms with Crippen LogP contribution in [0, 0.1) is 22.7 Å². The van der Waals surface area contributed by atoms with Crippen molar-refractivity contribution in [1.82, 2.24) is 9.55 Å². The lowest BCUT2D eigenvalue weighted by Crippen LogP contribution is -2.10. The predicted octanol–water partition coefficient (Wildman–Crippen LogP) is 1.64. The number of carbonyl (C=O) groups excluding carboxylic acids is 1. The molecule has 0 radical (unpaired) electrons. The van der Waals surface area contributed by atoms with E-state index in [0.717, 1.165) is 0 Å². The van der Waals surface area contributed by atoms with Gasteiger partial charge in [-0.1, -0.05) is 11.6 Å². The highest BCUT2D eigenvalue weighted by Gasteiger charge is 2.21. The first-order valence-corrected chi connectivity index (χ1v) is 5.96. The molecule has 2 aromatic rings. The number of ether oxygens (including phenoxy) is 1. The summed E-state index contributed by atoms with van der Waals surface area (Å²) in [7, 11) is 1.21. The standard InChI is InChI=1S/C13H8ClN5O2/c1-21-13(20)8-2-7(17)3-9(14)12(8)19-6-18-10(4-15)11(19)5-16/h2-3,6H,17H2,1H3.